The molecule has 0 unspecified atom stereocenters. The van der Waals surface area contributed by atoms with Crippen molar-refractivity contribution in [2.75, 3.05) is 0 Å². The Morgan fingerprint density at radius 3 is 1.10 bits per heavy atom. The van der Waals surface area contributed by atoms with Crippen molar-refractivity contribution in [3.05, 3.63) is 0 Å². The molecule has 0 atom stereocenters. The SMILES string of the molecule is CC.CC.FC1(F)CCC1. The summed E-state index contributed by atoms with van der Waals surface area (Å²) in [5.74, 6) is -2.28. The molecule has 1 aliphatic carbocycles. The Bertz CT molecular complexity index is 54.3. The number of hydrogen-bond donors (Lipinski definition) is 0. The van der Waals surface area contributed by atoms with Gasteiger partial charge < -0.3 is 0 Å². The van der Waals surface area contributed by atoms with Gasteiger partial charge >= 0.3 is 0 Å². The highest BCUT2D eigenvalue weighted by Crippen LogP contribution is 2.36. The van der Waals surface area contributed by atoms with Crippen molar-refractivity contribution < 1.29 is 8.78 Å². The van der Waals surface area contributed by atoms with E-state index in [1.54, 1.807) is 0 Å². The smallest absolute Gasteiger partial charge is 0.207 e. The normalized spacial score (nSPS) is 18.6. The van der Waals surface area contributed by atoms with E-state index in [9.17, 15) is 8.78 Å². The largest absolute Gasteiger partial charge is 0.248 e. The molecule has 0 aliphatic heterocycles. The molecule has 0 aromatic heterocycles. The molecule has 0 spiro atoms. The van der Waals surface area contributed by atoms with Gasteiger partial charge in [0.25, 0.3) is 0 Å². The summed E-state index contributed by atoms with van der Waals surface area (Å²) in [7, 11) is 0. The fourth-order valence-corrected chi connectivity index (χ4v) is 0.444. The third-order valence-corrected chi connectivity index (χ3v) is 1.09. The number of alkyl halides is 2. The molecule has 1 aliphatic rings. The van der Waals surface area contributed by atoms with Crippen LogP contribution < -0.4 is 0 Å². The molecule has 0 aromatic carbocycles. The molecule has 0 aromatic rings. The van der Waals surface area contributed by atoms with Gasteiger partial charge in [-0.05, 0) is 6.42 Å². The monoisotopic (exact) mass is 152 g/mol. The Balaban J connectivity index is 0. The zero-order chi connectivity index (χ0) is 8.62. The van der Waals surface area contributed by atoms with Crippen LogP contribution in [0.25, 0.3) is 0 Å². The van der Waals surface area contributed by atoms with E-state index in [1.807, 2.05) is 27.7 Å². The van der Waals surface area contributed by atoms with Crippen LogP contribution in [0.1, 0.15) is 47.0 Å². The third kappa shape index (κ3) is 5.99. The third-order valence-electron chi connectivity index (χ3n) is 1.09. The van der Waals surface area contributed by atoms with E-state index in [2.05, 4.69) is 0 Å². The van der Waals surface area contributed by atoms with Gasteiger partial charge in [-0.25, -0.2) is 8.78 Å². The second kappa shape index (κ2) is 6.97. The highest BCUT2D eigenvalue weighted by molar-refractivity contribution is 4.75. The zero-order valence-corrected chi connectivity index (χ0v) is 7.38. The Morgan fingerprint density at radius 1 is 0.900 bits per heavy atom. The van der Waals surface area contributed by atoms with E-state index in [4.69, 9.17) is 0 Å². The van der Waals surface area contributed by atoms with Crippen LogP contribution in [0, 0.1) is 0 Å². The maximum absolute atomic E-state index is 11.5. The minimum absolute atomic E-state index is 0.118. The maximum atomic E-state index is 11.5. The minimum atomic E-state index is -2.28. The van der Waals surface area contributed by atoms with E-state index in [0.717, 1.165) is 0 Å². The van der Waals surface area contributed by atoms with Crippen molar-refractivity contribution in [3.8, 4) is 0 Å². The molecule has 2 heteroatoms. The number of rotatable bonds is 0. The molecule has 64 valence electrons. The fraction of sp³-hybridized carbons (Fsp3) is 1.00. The Hall–Kier alpha value is -0.140. The van der Waals surface area contributed by atoms with Gasteiger partial charge in [-0.15, -0.1) is 0 Å². The van der Waals surface area contributed by atoms with Gasteiger partial charge in [0, 0.05) is 12.8 Å². The molecule has 0 heterocycles. The van der Waals surface area contributed by atoms with Crippen molar-refractivity contribution in [1.82, 2.24) is 0 Å². The number of halogens is 2. The molecular weight excluding hydrogens is 134 g/mol. The van der Waals surface area contributed by atoms with Crippen LogP contribution >= 0.6 is 0 Å². The molecule has 1 saturated carbocycles. The predicted octanol–water partition coefficient (Wildman–Crippen LogP) is 3.86. The maximum Gasteiger partial charge on any atom is 0.248 e. The molecule has 0 nitrogen and oxygen atoms in total. The van der Waals surface area contributed by atoms with Crippen molar-refractivity contribution in [3.63, 3.8) is 0 Å². The average molecular weight is 152 g/mol. The molecular formula is C8H18F2. The summed E-state index contributed by atoms with van der Waals surface area (Å²) in [6, 6.07) is 0. The van der Waals surface area contributed by atoms with Gasteiger partial charge in [0.2, 0.25) is 5.92 Å². The van der Waals surface area contributed by atoms with Crippen LogP contribution in [0.15, 0.2) is 0 Å². The summed E-state index contributed by atoms with van der Waals surface area (Å²) >= 11 is 0. The van der Waals surface area contributed by atoms with Crippen LogP contribution in [0.3, 0.4) is 0 Å². The second-order valence-electron chi connectivity index (χ2n) is 1.71. The van der Waals surface area contributed by atoms with E-state index in [0.29, 0.717) is 6.42 Å². The first-order valence-corrected chi connectivity index (χ1v) is 4.09. The van der Waals surface area contributed by atoms with Crippen molar-refractivity contribution in [1.29, 1.82) is 0 Å². The van der Waals surface area contributed by atoms with Gasteiger partial charge in [-0.3, -0.25) is 0 Å². The summed E-state index contributed by atoms with van der Waals surface area (Å²) in [5, 5.41) is 0. The van der Waals surface area contributed by atoms with Crippen LogP contribution in [0.4, 0.5) is 8.78 Å². The van der Waals surface area contributed by atoms with E-state index < -0.39 is 5.92 Å². The molecule has 0 bridgehead atoms. The first kappa shape index (κ1) is 12.5. The highest BCUT2D eigenvalue weighted by atomic mass is 19.3. The van der Waals surface area contributed by atoms with E-state index in [-0.39, 0.29) is 12.8 Å². The van der Waals surface area contributed by atoms with Crippen LogP contribution in [0.5, 0.6) is 0 Å². The lowest BCUT2D eigenvalue weighted by atomic mass is 9.95. The topological polar surface area (TPSA) is 0 Å². The molecule has 1 fully saturated rings. The van der Waals surface area contributed by atoms with Gasteiger partial charge in [0.15, 0.2) is 0 Å². The van der Waals surface area contributed by atoms with Crippen LogP contribution in [-0.2, 0) is 0 Å². The first-order chi connectivity index (χ1) is 4.71. The van der Waals surface area contributed by atoms with Gasteiger partial charge in [0.05, 0.1) is 0 Å². The molecule has 10 heavy (non-hydrogen) atoms. The summed E-state index contributed by atoms with van der Waals surface area (Å²) in [6.07, 6.45) is 0.951. The summed E-state index contributed by atoms with van der Waals surface area (Å²) in [6.45, 7) is 8.00. The van der Waals surface area contributed by atoms with Crippen molar-refractivity contribution in [2.45, 2.75) is 52.9 Å². The lowest BCUT2D eigenvalue weighted by molar-refractivity contribution is -0.0716. The lowest BCUT2D eigenvalue weighted by Gasteiger charge is -2.23. The van der Waals surface area contributed by atoms with Crippen molar-refractivity contribution >= 4 is 0 Å². The van der Waals surface area contributed by atoms with Crippen molar-refractivity contribution in [2.24, 2.45) is 0 Å². The highest BCUT2D eigenvalue weighted by Gasteiger charge is 2.36. The number of hydrogen-bond acceptors (Lipinski definition) is 0. The van der Waals surface area contributed by atoms with Crippen LogP contribution in [-0.4, -0.2) is 5.92 Å². The minimum Gasteiger partial charge on any atom is -0.207 e. The Labute approximate surface area is 62.6 Å². The summed E-state index contributed by atoms with van der Waals surface area (Å²) < 4.78 is 23.1. The van der Waals surface area contributed by atoms with E-state index >= 15 is 0 Å². The molecule has 0 saturated heterocycles. The van der Waals surface area contributed by atoms with Gasteiger partial charge in [-0.2, -0.15) is 0 Å². The van der Waals surface area contributed by atoms with Gasteiger partial charge in [-0.1, -0.05) is 27.7 Å². The van der Waals surface area contributed by atoms with E-state index in [1.165, 1.54) is 0 Å². The molecule has 0 amide bonds. The van der Waals surface area contributed by atoms with Gasteiger partial charge in [0.1, 0.15) is 0 Å². The average Bonchev–Trinajstić information content (AvgIpc) is 1.94. The zero-order valence-electron chi connectivity index (χ0n) is 7.38. The molecule has 0 radical (unpaired) electrons. The Morgan fingerprint density at radius 2 is 1.10 bits per heavy atom. The Kier molecular flexibility index (Phi) is 8.74. The summed E-state index contributed by atoms with van der Waals surface area (Å²) in [5.41, 5.74) is 0. The predicted molar refractivity (Wildman–Crippen MR) is 41.5 cm³/mol. The second-order valence-corrected chi connectivity index (χ2v) is 1.71. The fourth-order valence-electron chi connectivity index (χ4n) is 0.444. The molecule has 1 rings (SSSR count). The standard InChI is InChI=1S/C4H6F2.2C2H6/c5-4(6)2-1-3-4;2*1-2/h1-3H2;2*1-2H3. The first-order valence-electron chi connectivity index (χ1n) is 4.09. The molecule has 0 N–H and O–H groups in total. The lowest BCUT2D eigenvalue weighted by Crippen LogP contribution is -2.24. The summed E-state index contributed by atoms with van der Waals surface area (Å²) in [4.78, 5) is 0. The quantitative estimate of drug-likeness (QED) is 0.494. The van der Waals surface area contributed by atoms with Crippen LogP contribution in [0.2, 0.25) is 0 Å².